The second kappa shape index (κ2) is 24.7. The first-order chi connectivity index (χ1) is 30.9. The molecule has 4 heterocycles. The standard InChI is InChI=1S/C20H26FN5O4S.C16H18FN3O3S.C6H14N2O2S.CH4/c1-12(2)30-17-5-4-13(21)10-15(17)18(27)16-11-23-20(25-19(16)22)24-14-6-8-26(9-7-14)31(3,28)29;1-4-24(22)16-19-8-12(15(18)20-16)14(21)11-7-10(17)5-6-13(11)23-9(2)3;1-11(9,10)8-4-2-6(7)3-5-8;/h4-5,10-12,14H,6-9H2,1-3H3,(H3,22,23,24,25);5-9H,4H2,1-3H3,(H2,18,19,20);6H,2-5,7H2,1H3;1H4. The van der Waals surface area contributed by atoms with Gasteiger partial charge in [0.05, 0.1) is 57.8 Å². The van der Waals surface area contributed by atoms with Gasteiger partial charge in [-0.2, -0.15) is 4.98 Å². The summed E-state index contributed by atoms with van der Waals surface area (Å²) in [5, 5.41) is 3.19. The molecule has 2 aliphatic heterocycles. The maximum absolute atomic E-state index is 13.8. The number of halogens is 2. The first-order valence-electron chi connectivity index (χ1n) is 20.9. The number of nitrogen functional groups attached to an aromatic ring is 2. The molecule has 370 valence electrons. The molecule has 0 bridgehead atoms. The predicted molar refractivity (Wildman–Crippen MR) is 254 cm³/mol. The maximum Gasteiger partial charge on any atom is 0.224 e. The lowest BCUT2D eigenvalue weighted by Crippen LogP contribution is -2.42. The van der Waals surface area contributed by atoms with E-state index >= 15 is 0 Å². The second-order valence-corrected chi connectivity index (χ2v) is 21.5. The second-order valence-electron chi connectivity index (χ2n) is 15.9. The van der Waals surface area contributed by atoms with Gasteiger partial charge in [-0.3, -0.25) is 13.8 Å². The van der Waals surface area contributed by atoms with Crippen molar-refractivity contribution in [2.75, 3.05) is 61.2 Å². The van der Waals surface area contributed by atoms with Gasteiger partial charge in [0.15, 0.2) is 0 Å². The topological polar surface area (TPSA) is 286 Å². The summed E-state index contributed by atoms with van der Waals surface area (Å²) in [4.78, 5) is 41.8. The maximum atomic E-state index is 13.8. The summed E-state index contributed by atoms with van der Waals surface area (Å²) in [6.07, 6.45) is 7.30. The van der Waals surface area contributed by atoms with Crippen LogP contribution in [-0.2, 0) is 30.8 Å². The monoisotopic (exact) mass is 996 g/mol. The van der Waals surface area contributed by atoms with Crippen molar-refractivity contribution in [2.24, 2.45) is 5.73 Å². The molecule has 2 fully saturated rings. The van der Waals surface area contributed by atoms with Crippen molar-refractivity contribution < 1.29 is 48.9 Å². The highest BCUT2D eigenvalue weighted by atomic mass is 32.2. The largest absolute Gasteiger partial charge is 0.490 e. The van der Waals surface area contributed by atoms with E-state index in [1.807, 2.05) is 0 Å². The first kappa shape index (κ1) is 56.1. The lowest BCUT2D eigenvalue weighted by atomic mass is 10.0. The van der Waals surface area contributed by atoms with Gasteiger partial charge in [-0.05, 0) is 89.8 Å². The Bertz CT molecular complexity index is 2590. The SMILES string of the molecule is C.CC(C)Oc1ccc(F)cc1C(=O)c1cnc(NC2CCN(S(C)(=O)=O)CC2)nc1N.CCS(=O)c1ncc(C(=O)c2cc(F)ccc2OC(C)C)c(N)n1.CS(=O)(=O)N1CCC(N)CC1. The van der Waals surface area contributed by atoms with Crippen molar-refractivity contribution in [3.63, 3.8) is 0 Å². The smallest absolute Gasteiger partial charge is 0.224 e. The average molecular weight is 997 g/mol. The molecule has 1 atom stereocenters. The number of sulfonamides is 2. The molecular formula is C43H62F2N10O9S3. The molecule has 0 radical (unpaired) electrons. The van der Waals surface area contributed by atoms with Crippen LogP contribution in [0, 0.1) is 11.6 Å². The van der Waals surface area contributed by atoms with Gasteiger partial charge >= 0.3 is 0 Å². The fourth-order valence-electron chi connectivity index (χ4n) is 6.52. The van der Waals surface area contributed by atoms with Crippen molar-refractivity contribution in [2.45, 2.75) is 97.2 Å². The summed E-state index contributed by atoms with van der Waals surface area (Å²) >= 11 is 0. The fourth-order valence-corrected chi connectivity index (χ4v) is 8.89. The molecule has 2 aromatic heterocycles. The summed E-state index contributed by atoms with van der Waals surface area (Å²) in [7, 11) is -7.56. The van der Waals surface area contributed by atoms with Crippen LogP contribution in [0.2, 0.25) is 0 Å². The number of hydrogen-bond donors (Lipinski definition) is 4. The zero-order valence-corrected chi connectivity index (χ0v) is 40.3. The minimum absolute atomic E-state index is 0. The number of piperidine rings is 2. The van der Waals surface area contributed by atoms with E-state index in [0.717, 1.165) is 25.0 Å². The summed E-state index contributed by atoms with van der Waals surface area (Å²) in [6, 6.07) is 7.57. The molecule has 6 rings (SSSR count). The molecule has 1 unspecified atom stereocenters. The Morgan fingerprint density at radius 2 is 1.16 bits per heavy atom. The van der Waals surface area contributed by atoms with Gasteiger partial charge in [0.1, 0.15) is 34.8 Å². The molecule has 0 aliphatic carbocycles. The van der Waals surface area contributed by atoms with Crippen LogP contribution in [0.5, 0.6) is 11.5 Å². The summed E-state index contributed by atoms with van der Waals surface area (Å²) in [5.41, 5.74) is 17.5. The Morgan fingerprint density at radius 1 is 0.746 bits per heavy atom. The highest BCUT2D eigenvalue weighted by Gasteiger charge is 2.27. The van der Waals surface area contributed by atoms with Crippen LogP contribution >= 0.6 is 0 Å². The lowest BCUT2D eigenvalue weighted by molar-refractivity contribution is 0.102. The highest BCUT2D eigenvalue weighted by molar-refractivity contribution is 7.88. The molecule has 19 nitrogen and oxygen atoms in total. The van der Waals surface area contributed by atoms with E-state index in [4.69, 9.17) is 26.7 Å². The number of aromatic nitrogens is 4. The normalized spacial score (nSPS) is 15.6. The number of nitrogens with one attached hydrogen (secondary N) is 1. The molecule has 4 aromatic rings. The van der Waals surface area contributed by atoms with Gasteiger partial charge in [-0.25, -0.2) is 49.2 Å². The average Bonchev–Trinajstić information content (AvgIpc) is 3.24. The summed E-state index contributed by atoms with van der Waals surface area (Å²) in [5.74, 6) is -1.32. The zero-order chi connectivity index (χ0) is 49.1. The number of ketones is 2. The van der Waals surface area contributed by atoms with Crippen molar-refractivity contribution in [3.05, 3.63) is 82.7 Å². The molecule has 0 spiro atoms. The van der Waals surface area contributed by atoms with Gasteiger partial charge in [0.25, 0.3) is 0 Å². The van der Waals surface area contributed by atoms with Crippen molar-refractivity contribution in [1.29, 1.82) is 0 Å². The number of carbonyl (C=O) groups excluding carboxylic acids is 2. The Morgan fingerprint density at radius 3 is 1.55 bits per heavy atom. The molecule has 0 amide bonds. The number of carbonyl (C=O) groups is 2. The highest BCUT2D eigenvalue weighted by Crippen LogP contribution is 2.28. The van der Waals surface area contributed by atoms with Crippen LogP contribution < -0.4 is 32.0 Å². The van der Waals surface area contributed by atoms with Crippen LogP contribution in [0.15, 0.2) is 53.9 Å². The minimum atomic E-state index is -3.20. The minimum Gasteiger partial charge on any atom is -0.490 e. The van der Waals surface area contributed by atoms with Crippen LogP contribution in [0.1, 0.15) is 99.6 Å². The van der Waals surface area contributed by atoms with Gasteiger partial charge in [0.2, 0.25) is 42.7 Å². The number of benzene rings is 2. The number of rotatable bonds is 14. The van der Waals surface area contributed by atoms with Crippen LogP contribution in [0.4, 0.5) is 26.4 Å². The Labute approximate surface area is 394 Å². The van der Waals surface area contributed by atoms with Gasteiger partial charge in [-0.15, -0.1) is 0 Å². The van der Waals surface area contributed by atoms with E-state index in [-0.39, 0.29) is 88.2 Å². The van der Waals surface area contributed by atoms with Crippen molar-refractivity contribution >= 4 is 60.0 Å². The third kappa shape index (κ3) is 16.5. The molecule has 0 saturated carbocycles. The van der Waals surface area contributed by atoms with Gasteiger partial charge < -0.3 is 32.0 Å². The van der Waals surface area contributed by atoms with Gasteiger partial charge in [0, 0.05) is 56.4 Å². The molecule has 67 heavy (non-hydrogen) atoms. The van der Waals surface area contributed by atoms with E-state index in [9.17, 15) is 39.4 Å². The van der Waals surface area contributed by atoms with Crippen molar-refractivity contribution in [1.82, 2.24) is 28.5 Å². The third-order valence-corrected chi connectivity index (χ3v) is 13.6. The molecule has 7 N–H and O–H groups in total. The molecular weight excluding hydrogens is 935 g/mol. The Balaban J connectivity index is 0.000000292. The van der Waals surface area contributed by atoms with E-state index in [1.54, 1.807) is 34.6 Å². The zero-order valence-electron chi connectivity index (χ0n) is 37.9. The quantitative estimate of drug-likeness (QED) is 0.101. The van der Waals surface area contributed by atoms with E-state index in [1.165, 1.54) is 57.8 Å². The molecule has 2 saturated heterocycles. The predicted octanol–water partition coefficient (Wildman–Crippen LogP) is 4.40. The molecule has 2 aromatic carbocycles. The van der Waals surface area contributed by atoms with Crippen molar-refractivity contribution in [3.8, 4) is 11.5 Å². The number of anilines is 3. The number of ether oxygens (including phenoxy) is 2. The first-order valence-corrected chi connectivity index (χ1v) is 26.0. The summed E-state index contributed by atoms with van der Waals surface area (Å²) < 4.78 is 98.3. The fraction of sp³-hybridized carbons (Fsp3) is 0.488. The van der Waals surface area contributed by atoms with Crippen LogP contribution in [0.25, 0.3) is 0 Å². The Hall–Kier alpha value is -5.27. The molecule has 24 heteroatoms. The van der Waals surface area contributed by atoms with E-state index < -0.39 is 54.0 Å². The van der Waals surface area contributed by atoms with E-state index in [0.29, 0.717) is 44.8 Å². The lowest BCUT2D eigenvalue weighted by Gasteiger charge is -2.30. The molecule has 2 aliphatic rings. The van der Waals surface area contributed by atoms with Crippen LogP contribution in [0.3, 0.4) is 0 Å². The number of nitrogens with zero attached hydrogens (tertiary/aromatic N) is 6. The number of hydrogen-bond acceptors (Lipinski definition) is 17. The number of nitrogens with two attached hydrogens (primary N) is 3. The van der Waals surface area contributed by atoms with E-state index in [2.05, 4.69) is 25.3 Å². The third-order valence-electron chi connectivity index (χ3n) is 9.89. The van der Waals surface area contributed by atoms with Gasteiger partial charge in [-0.1, -0.05) is 14.4 Å². The summed E-state index contributed by atoms with van der Waals surface area (Å²) in [6.45, 7) is 10.9. The van der Waals surface area contributed by atoms with Crippen LogP contribution in [-0.4, -0.2) is 130 Å². The Kier molecular flexibility index (Phi) is 20.6.